The highest BCUT2D eigenvalue weighted by Gasteiger charge is 2.44. The van der Waals surface area contributed by atoms with Gasteiger partial charge in [-0.1, -0.05) is 0 Å². The van der Waals surface area contributed by atoms with Crippen LogP contribution in [0.15, 0.2) is 0 Å². The van der Waals surface area contributed by atoms with Gasteiger partial charge in [0.2, 0.25) is 0 Å². The number of fused-ring (bicyclic) bond motifs is 1. The maximum atomic E-state index is 11.2. The molecule has 0 aliphatic carbocycles. The van der Waals surface area contributed by atoms with E-state index < -0.39 is 22.2 Å². The molecule has 1 atom stereocenters. The van der Waals surface area contributed by atoms with E-state index in [1.54, 1.807) is 0 Å². The summed E-state index contributed by atoms with van der Waals surface area (Å²) in [6, 6.07) is -0.538. The van der Waals surface area contributed by atoms with Crippen LogP contribution in [-0.4, -0.2) is 44.3 Å². The third-order valence-electron chi connectivity index (χ3n) is 2.04. The van der Waals surface area contributed by atoms with Gasteiger partial charge in [0.05, 0.1) is 0 Å². The van der Waals surface area contributed by atoms with Gasteiger partial charge in [-0.3, -0.25) is 4.79 Å². The van der Waals surface area contributed by atoms with Crippen LogP contribution in [0.1, 0.15) is 0 Å². The van der Waals surface area contributed by atoms with Crippen LogP contribution in [0, 0.1) is 0 Å². The molecule has 7 heteroatoms. The van der Waals surface area contributed by atoms with Crippen LogP contribution in [0.3, 0.4) is 0 Å². The molecule has 0 bridgehead atoms. The molecule has 1 amide bonds. The molecule has 6 nitrogen and oxygen atoms in total. The zero-order chi connectivity index (χ0) is 8.77. The van der Waals surface area contributed by atoms with Crippen molar-refractivity contribution in [3.8, 4) is 0 Å². The zero-order valence-corrected chi connectivity index (χ0v) is 7.10. The fourth-order valence-corrected chi connectivity index (χ4v) is 2.80. The first-order valence-electron chi connectivity index (χ1n) is 3.65. The minimum Gasteiger partial charge on any atom is -0.313 e. The molecular formula is C5H9N3O3S. The number of nitrogens with zero attached hydrogens (tertiary/aromatic N) is 1. The second-order valence-electron chi connectivity index (χ2n) is 2.80. The predicted octanol–water partition coefficient (Wildman–Crippen LogP) is -2.37. The second kappa shape index (κ2) is 2.41. The van der Waals surface area contributed by atoms with Crippen LogP contribution >= 0.6 is 0 Å². The molecule has 12 heavy (non-hydrogen) atoms. The Labute approximate surface area is 70.1 Å². The molecular weight excluding hydrogens is 182 g/mol. The van der Waals surface area contributed by atoms with Gasteiger partial charge in [-0.2, -0.15) is 12.7 Å². The molecule has 68 valence electrons. The maximum absolute atomic E-state index is 11.2. The van der Waals surface area contributed by atoms with Crippen LogP contribution < -0.4 is 10.0 Å². The summed E-state index contributed by atoms with van der Waals surface area (Å²) in [6.07, 6.45) is 0. The average molecular weight is 191 g/mol. The standard InChI is InChI=1S/C5H9N3O3S/c9-5-4-3-6-1-2-8(4)12(10,11)7-5/h4,6H,1-3H2,(H,7,9)/t4-/m0/s1. The lowest BCUT2D eigenvalue weighted by molar-refractivity contribution is -0.121. The summed E-state index contributed by atoms with van der Waals surface area (Å²) >= 11 is 0. The average Bonchev–Trinajstić information content (AvgIpc) is 2.25. The lowest BCUT2D eigenvalue weighted by atomic mass is 10.2. The van der Waals surface area contributed by atoms with Crippen molar-refractivity contribution < 1.29 is 13.2 Å². The molecule has 2 aliphatic heterocycles. The first-order chi connectivity index (χ1) is 5.61. The van der Waals surface area contributed by atoms with Crippen molar-refractivity contribution >= 4 is 16.1 Å². The van der Waals surface area contributed by atoms with E-state index in [9.17, 15) is 13.2 Å². The Kier molecular flexibility index (Phi) is 1.60. The van der Waals surface area contributed by atoms with Crippen molar-refractivity contribution in [1.29, 1.82) is 0 Å². The topological polar surface area (TPSA) is 78.5 Å². The Bertz CT molecular complexity index is 312. The number of hydrogen-bond donors (Lipinski definition) is 2. The summed E-state index contributed by atoms with van der Waals surface area (Å²) in [4.78, 5) is 11.1. The predicted molar refractivity (Wildman–Crippen MR) is 40.4 cm³/mol. The van der Waals surface area contributed by atoms with Gasteiger partial charge in [-0.05, 0) is 0 Å². The van der Waals surface area contributed by atoms with Crippen molar-refractivity contribution in [3.63, 3.8) is 0 Å². The largest absolute Gasteiger partial charge is 0.313 e. The Morgan fingerprint density at radius 1 is 1.50 bits per heavy atom. The molecule has 2 saturated heterocycles. The van der Waals surface area contributed by atoms with Gasteiger partial charge >= 0.3 is 10.2 Å². The number of carbonyl (C=O) groups excluding carboxylic acids is 1. The number of nitrogens with one attached hydrogen (secondary N) is 2. The van der Waals surface area contributed by atoms with E-state index in [1.807, 2.05) is 4.72 Å². The Morgan fingerprint density at radius 3 is 2.92 bits per heavy atom. The second-order valence-corrected chi connectivity index (χ2v) is 4.43. The van der Waals surface area contributed by atoms with Gasteiger partial charge in [0.25, 0.3) is 5.91 Å². The van der Waals surface area contributed by atoms with Gasteiger partial charge in [-0.15, -0.1) is 0 Å². The van der Waals surface area contributed by atoms with Gasteiger partial charge in [0.1, 0.15) is 6.04 Å². The number of rotatable bonds is 0. The van der Waals surface area contributed by atoms with Crippen LogP contribution in [-0.2, 0) is 15.0 Å². The highest BCUT2D eigenvalue weighted by molar-refractivity contribution is 7.88. The molecule has 2 N–H and O–H groups in total. The molecule has 0 unspecified atom stereocenters. The molecule has 2 aliphatic rings. The zero-order valence-electron chi connectivity index (χ0n) is 6.28. The van der Waals surface area contributed by atoms with Gasteiger partial charge in [0.15, 0.2) is 0 Å². The molecule has 0 aromatic rings. The lowest BCUT2D eigenvalue weighted by Gasteiger charge is -2.25. The first kappa shape index (κ1) is 7.96. The molecule has 0 saturated carbocycles. The smallest absolute Gasteiger partial charge is 0.304 e. The molecule has 0 spiro atoms. The van der Waals surface area contributed by atoms with E-state index in [0.29, 0.717) is 19.6 Å². The summed E-state index contributed by atoms with van der Waals surface area (Å²) in [7, 11) is -3.50. The molecule has 2 heterocycles. The van der Waals surface area contributed by atoms with E-state index in [4.69, 9.17) is 0 Å². The Hall–Kier alpha value is -0.660. The molecule has 0 aromatic carbocycles. The van der Waals surface area contributed by atoms with E-state index in [1.165, 1.54) is 4.31 Å². The maximum Gasteiger partial charge on any atom is 0.304 e. The van der Waals surface area contributed by atoms with Crippen molar-refractivity contribution in [1.82, 2.24) is 14.3 Å². The third-order valence-corrected chi connectivity index (χ3v) is 3.55. The fraction of sp³-hybridized carbons (Fsp3) is 0.800. The van der Waals surface area contributed by atoms with Crippen LogP contribution in [0.5, 0.6) is 0 Å². The molecule has 2 rings (SSSR count). The number of amides is 1. The van der Waals surface area contributed by atoms with E-state index in [2.05, 4.69) is 5.32 Å². The van der Waals surface area contributed by atoms with Crippen LogP contribution in [0.4, 0.5) is 0 Å². The number of carbonyl (C=O) groups is 1. The van der Waals surface area contributed by atoms with Gasteiger partial charge in [-0.25, -0.2) is 4.72 Å². The Balaban J connectivity index is 2.34. The highest BCUT2D eigenvalue weighted by Crippen LogP contribution is 2.14. The fourth-order valence-electron chi connectivity index (χ4n) is 1.45. The number of hydrogen-bond acceptors (Lipinski definition) is 4. The summed E-state index contributed by atoms with van der Waals surface area (Å²) in [5.74, 6) is -0.429. The van der Waals surface area contributed by atoms with Crippen LogP contribution in [0.2, 0.25) is 0 Å². The van der Waals surface area contributed by atoms with Crippen molar-refractivity contribution in [2.45, 2.75) is 6.04 Å². The van der Waals surface area contributed by atoms with Gasteiger partial charge < -0.3 is 5.32 Å². The molecule has 0 radical (unpaired) electrons. The Morgan fingerprint density at radius 2 is 2.25 bits per heavy atom. The summed E-state index contributed by atoms with van der Waals surface area (Å²) in [6.45, 7) is 1.38. The molecule has 0 aromatic heterocycles. The van der Waals surface area contributed by atoms with E-state index in [0.717, 1.165) is 0 Å². The summed E-state index contributed by atoms with van der Waals surface area (Å²) in [5.41, 5.74) is 0. The van der Waals surface area contributed by atoms with Crippen molar-refractivity contribution in [3.05, 3.63) is 0 Å². The van der Waals surface area contributed by atoms with E-state index in [-0.39, 0.29) is 0 Å². The lowest BCUT2D eigenvalue weighted by Crippen LogP contribution is -2.51. The van der Waals surface area contributed by atoms with Crippen molar-refractivity contribution in [2.24, 2.45) is 0 Å². The normalized spacial score (nSPS) is 34.3. The van der Waals surface area contributed by atoms with E-state index >= 15 is 0 Å². The quantitative estimate of drug-likeness (QED) is 0.449. The van der Waals surface area contributed by atoms with Crippen LogP contribution in [0.25, 0.3) is 0 Å². The third kappa shape index (κ3) is 1.01. The highest BCUT2D eigenvalue weighted by atomic mass is 32.2. The SMILES string of the molecule is O=C1NS(=O)(=O)N2CCNC[C@@H]12. The number of piperazine rings is 1. The minimum absolute atomic E-state index is 0.367. The van der Waals surface area contributed by atoms with Gasteiger partial charge in [0, 0.05) is 19.6 Å². The summed E-state index contributed by atoms with van der Waals surface area (Å²) in [5, 5.41) is 2.96. The first-order valence-corrected chi connectivity index (χ1v) is 5.09. The van der Waals surface area contributed by atoms with Crippen molar-refractivity contribution in [2.75, 3.05) is 19.6 Å². The molecule has 2 fully saturated rings. The minimum atomic E-state index is -3.50. The summed E-state index contributed by atoms with van der Waals surface area (Å²) < 4.78 is 25.5. The monoisotopic (exact) mass is 191 g/mol.